The molecule has 2 rings (SSSR count). The Kier molecular flexibility index (Phi) is 5.01. The van der Waals surface area contributed by atoms with E-state index in [0.29, 0.717) is 0 Å². The van der Waals surface area contributed by atoms with Crippen LogP contribution < -0.4 is 5.43 Å². The van der Waals surface area contributed by atoms with E-state index in [2.05, 4.69) is 33.1 Å². The van der Waals surface area contributed by atoms with Crippen molar-refractivity contribution in [1.82, 2.24) is 0 Å². The molecule has 0 spiro atoms. The molecule has 0 amide bonds. The molecule has 0 unspecified atom stereocenters. The topological polar surface area (TPSA) is 24.4 Å². The van der Waals surface area contributed by atoms with E-state index < -0.39 is 5.82 Å². The molecule has 0 aliphatic heterocycles. The van der Waals surface area contributed by atoms with E-state index in [9.17, 15) is 4.39 Å². The number of hydrazone groups is 1. The summed E-state index contributed by atoms with van der Waals surface area (Å²) in [4.78, 5) is 0. The number of halogens is 4. The van der Waals surface area contributed by atoms with Crippen LogP contribution in [0.1, 0.15) is 5.56 Å². The summed E-state index contributed by atoms with van der Waals surface area (Å²) in [6.45, 7) is 0. The van der Waals surface area contributed by atoms with Gasteiger partial charge in [-0.2, -0.15) is 5.10 Å². The molecule has 0 saturated heterocycles. The summed E-state index contributed by atoms with van der Waals surface area (Å²) in [5.41, 5.74) is 3.59. The maximum absolute atomic E-state index is 13.6. The standard InChI is InChI=1S/C13H8Cl2FIN2/c14-10-2-1-3-11(16)12(10)13(15)19-18-9-6-4-8(17)5-7-9/h1-7,18H/b19-13-. The number of nitrogens with zero attached hydrogens (tertiary/aromatic N) is 1. The minimum absolute atomic E-state index is 0.0262. The van der Waals surface area contributed by atoms with E-state index in [1.807, 2.05) is 24.3 Å². The van der Waals surface area contributed by atoms with Crippen molar-refractivity contribution in [3.63, 3.8) is 0 Å². The monoisotopic (exact) mass is 408 g/mol. The lowest BCUT2D eigenvalue weighted by molar-refractivity contribution is 0.626. The largest absolute Gasteiger partial charge is 0.277 e. The third kappa shape index (κ3) is 3.81. The molecule has 2 aromatic rings. The molecule has 0 fully saturated rings. The van der Waals surface area contributed by atoms with Crippen LogP contribution in [0.5, 0.6) is 0 Å². The predicted molar refractivity (Wildman–Crippen MR) is 86.6 cm³/mol. The maximum Gasteiger partial charge on any atom is 0.160 e. The molecular formula is C13H8Cl2FIN2. The molecule has 0 radical (unpaired) electrons. The number of rotatable bonds is 3. The lowest BCUT2D eigenvalue weighted by atomic mass is 10.2. The third-order valence-electron chi connectivity index (χ3n) is 2.30. The first kappa shape index (κ1) is 14.6. The van der Waals surface area contributed by atoms with Gasteiger partial charge in [0.2, 0.25) is 0 Å². The zero-order chi connectivity index (χ0) is 13.8. The molecule has 2 aromatic carbocycles. The van der Waals surface area contributed by atoms with Gasteiger partial charge in [0.15, 0.2) is 5.17 Å². The molecule has 0 aliphatic rings. The van der Waals surface area contributed by atoms with Crippen molar-refractivity contribution in [3.05, 3.63) is 62.4 Å². The highest BCUT2D eigenvalue weighted by atomic mass is 127. The summed E-state index contributed by atoms with van der Waals surface area (Å²) in [5.74, 6) is -0.509. The van der Waals surface area contributed by atoms with E-state index in [-0.39, 0.29) is 15.8 Å². The van der Waals surface area contributed by atoms with Crippen molar-refractivity contribution in [3.8, 4) is 0 Å². The van der Waals surface area contributed by atoms with Gasteiger partial charge in [-0.15, -0.1) is 0 Å². The molecule has 2 nitrogen and oxygen atoms in total. The first-order valence-electron chi connectivity index (χ1n) is 5.27. The molecule has 19 heavy (non-hydrogen) atoms. The summed E-state index contributed by atoms with van der Waals surface area (Å²) >= 11 is 14.1. The summed E-state index contributed by atoms with van der Waals surface area (Å²) < 4.78 is 14.7. The van der Waals surface area contributed by atoms with E-state index in [1.165, 1.54) is 12.1 Å². The summed E-state index contributed by atoms with van der Waals surface area (Å²) in [6, 6.07) is 11.9. The Morgan fingerprint density at radius 1 is 1.16 bits per heavy atom. The number of nitrogens with one attached hydrogen (secondary N) is 1. The average molecular weight is 409 g/mol. The second kappa shape index (κ2) is 6.54. The Hall–Kier alpha value is -0.850. The van der Waals surface area contributed by atoms with Crippen molar-refractivity contribution in [2.75, 3.05) is 5.43 Å². The van der Waals surface area contributed by atoms with Crippen LogP contribution >= 0.6 is 45.8 Å². The number of benzene rings is 2. The zero-order valence-corrected chi connectivity index (χ0v) is 13.2. The number of anilines is 1. The first-order chi connectivity index (χ1) is 9.08. The average Bonchev–Trinajstić information content (AvgIpc) is 2.38. The molecular weight excluding hydrogens is 401 g/mol. The second-order valence-corrected chi connectivity index (χ2v) is 5.63. The van der Waals surface area contributed by atoms with Gasteiger partial charge in [-0.1, -0.05) is 29.3 Å². The van der Waals surface area contributed by atoms with Crippen LogP contribution in [-0.4, -0.2) is 5.17 Å². The van der Waals surface area contributed by atoms with Gasteiger partial charge in [0, 0.05) is 3.57 Å². The van der Waals surface area contributed by atoms with Crippen LogP contribution in [0.4, 0.5) is 10.1 Å². The SMILES string of the molecule is Fc1cccc(Cl)c1/C(Cl)=N/Nc1ccc(I)cc1. The minimum Gasteiger partial charge on any atom is -0.277 e. The minimum atomic E-state index is -0.509. The zero-order valence-electron chi connectivity index (χ0n) is 9.50. The van der Waals surface area contributed by atoms with Gasteiger partial charge in [-0.3, -0.25) is 5.43 Å². The van der Waals surface area contributed by atoms with Crippen LogP contribution in [0, 0.1) is 9.39 Å². The summed E-state index contributed by atoms with van der Waals surface area (Å²) in [7, 11) is 0. The summed E-state index contributed by atoms with van der Waals surface area (Å²) in [6.07, 6.45) is 0. The van der Waals surface area contributed by atoms with E-state index in [1.54, 1.807) is 6.07 Å². The smallest absolute Gasteiger partial charge is 0.160 e. The highest BCUT2D eigenvalue weighted by molar-refractivity contribution is 14.1. The molecule has 0 bridgehead atoms. The van der Waals surface area contributed by atoms with Crippen LogP contribution in [-0.2, 0) is 0 Å². The Bertz CT molecular complexity index is 594. The number of hydrogen-bond donors (Lipinski definition) is 1. The fraction of sp³-hybridized carbons (Fsp3) is 0. The lowest BCUT2D eigenvalue weighted by Gasteiger charge is -2.05. The molecule has 0 atom stereocenters. The van der Waals surface area contributed by atoms with Gasteiger partial charge in [0.25, 0.3) is 0 Å². The molecule has 0 saturated carbocycles. The van der Waals surface area contributed by atoms with Crippen LogP contribution in [0.15, 0.2) is 47.6 Å². The highest BCUT2D eigenvalue weighted by Gasteiger charge is 2.11. The molecule has 0 heterocycles. The fourth-order valence-electron chi connectivity index (χ4n) is 1.39. The van der Waals surface area contributed by atoms with Crippen LogP contribution in [0.2, 0.25) is 5.02 Å². The lowest BCUT2D eigenvalue weighted by Crippen LogP contribution is -2.01. The Morgan fingerprint density at radius 2 is 1.84 bits per heavy atom. The maximum atomic E-state index is 13.6. The molecule has 0 aromatic heterocycles. The van der Waals surface area contributed by atoms with Crippen LogP contribution in [0.3, 0.4) is 0 Å². The molecule has 1 N–H and O–H groups in total. The van der Waals surface area contributed by atoms with Crippen molar-refractivity contribution in [1.29, 1.82) is 0 Å². The quantitative estimate of drug-likeness (QED) is 0.426. The van der Waals surface area contributed by atoms with Gasteiger partial charge in [0.05, 0.1) is 16.3 Å². The Balaban J connectivity index is 2.22. The van der Waals surface area contributed by atoms with Gasteiger partial charge in [-0.25, -0.2) is 4.39 Å². The summed E-state index contributed by atoms with van der Waals surface area (Å²) in [5, 5.41) is 4.12. The Labute approximate surface area is 133 Å². The Morgan fingerprint density at radius 3 is 2.47 bits per heavy atom. The number of hydrogen-bond acceptors (Lipinski definition) is 2. The molecule has 98 valence electrons. The fourth-order valence-corrected chi connectivity index (χ4v) is 2.28. The van der Waals surface area contributed by atoms with E-state index in [0.717, 1.165) is 9.26 Å². The van der Waals surface area contributed by atoms with Crippen LogP contribution in [0.25, 0.3) is 0 Å². The van der Waals surface area contributed by atoms with Gasteiger partial charge in [0.1, 0.15) is 5.82 Å². The third-order valence-corrected chi connectivity index (χ3v) is 3.60. The molecule has 0 aliphatic carbocycles. The second-order valence-electron chi connectivity index (χ2n) is 3.62. The van der Waals surface area contributed by atoms with E-state index >= 15 is 0 Å². The van der Waals surface area contributed by atoms with Gasteiger partial charge < -0.3 is 0 Å². The van der Waals surface area contributed by atoms with Crippen molar-refractivity contribution in [2.24, 2.45) is 5.10 Å². The van der Waals surface area contributed by atoms with Gasteiger partial charge >= 0.3 is 0 Å². The van der Waals surface area contributed by atoms with E-state index in [4.69, 9.17) is 23.2 Å². The van der Waals surface area contributed by atoms with Crippen molar-refractivity contribution >= 4 is 56.7 Å². The van der Waals surface area contributed by atoms with Gasteiger partial charge in [-0.05, 0) is 59.0 Å². The highest BCUT2D eigenvalue weighted by Crippen LogP contribution is 2.21. The van der Waals surface area contributed by atoms with Crippen molar-refractivity contribution in [2.45, 2.75) is 0 Å². The predicted octanol–water partition coefficient (Wildman–Crippen LogP) is 5.10. The molecule has 6 heteroatoms. The van der Waals surface area contributed by atoms with Crippen molar-refractivity contribution < 1.29 is 4.39 Å². The normalized spacial score (nSPS) is 11.5. The first-order valence-corrected chi connectivity index (χ1v) is 7.10.